The lowest BCUT2D eigenvalue weighted by Gasteiger charge is -2.20. The number of hydrogen-bond donors (Lipinski definition) is 1. The van der Waals surface area contributed by atoms with Crippen molar-refractivity contribution in [2.45, 2.75) is 47.0 Å². The number of nitrogens with zero attached hydrogens (tertiary/aromatic N) is 3. The average molecular weight is 299 g/mol. The SMILES string of the molecule is CCCN(CC)CCNc1nc(C(C)C)nc(Cl)c1C. The highest BCUT2D eigenvalue weighted by Crippen LogP contribution is 2.22. The molecule has 1 rings (SSSR count). The molecule has 0 saturated heterocycles. The van der Waals surface area contributed by atoms with Gasteiger partial charge in [0.05, 0.1) is 0 Å². The largest absolute Gasteiger partial charge is 0.368 e. The molecule has 1 aromatic rings. The van der Waals surface area contributed by atoms with Gasteiger partial charge < -0.3 is 10.2 Å². The number of halogens is 1. The Balaban J connectivity index is 2.67. The Morgan fingerprint density at radius 3 is 2.45 bits per heavy atom. The maximum Gasteiger partial charge on any atom is 0.137 e. The standard InChI is InChI=1S/C15H27ClN4/c1-6-9-20(7-2)10-8-17-15-12(5)13(16)18-14(19-15)11(3)4/h11H,6-10H2,1-5H3,(H,17,18,19). The van der Waals surface area contributed by atoms with E-state index in [0.29, 0.717) is 5.15 Å². The molecular formula is C15H27ClN4. The number of nitrogens with one attached hydrogen (secondary N) is 1. The van der Waals surface area contributed by atoms with Gasteiger partial charge in [0, 0.05) is 24.6 Å². The highest BCUT2D eigenvalue weighted by Gasteiger charge is 2.11. The van der Waals surface area contributed by atoms with Gasteiger partial charge in [0.15, 0.2) is 0 Å². The van der Waals surface area contributed by atoms with Crippen LogP contribution >= 0.6 is 11.6 Å². The molecule has 0 unspecified atom stereocenters. The summed E-state index contributed by atoms with van der Waals surface area (Å²) in [5.41, 5.74) is 0.926. The van der Waals surface area contributed by atoms with E-state index in [2.05, 4.69) is 47.9 Å². The minimum Gasteiger partial charge on any atom is -0.368 e. The minimum atomic E-state index is 0.279. The molecule has 0 atom stereocenters. The van der Waals surface area contributed by atoms with Gasteiger partial charge in [0.25, 0.3) is 0 Å². The maximum atomic E-state index is 6.18. The monoisotopic (exact) mass is 298 g/mol. The van der Waals surface area contributed by atoms with Crippen LogP contribution in [0.15, 0.2) is 0 Å². The molecule has 0 amide bonds. The molecule has 1 aromatic heterocycles. The van der Waals surface area contributed by atoms with Crippen molar-refractivity contribution in [3.05, 3.63) is 16.5 Å². The van der Waals surface area contributed by atoms with Crippen molar-refractivity contribution in [1.29, 1.82) is 0 Å². The Labute approximate surface area is 127 Å². The van der Waals surface area contributed by atoms with Gasteiger partial charge in [-0.25, -0.2) is 9.97 Å². The van der Waals surface area contributed by atoms with Gasteiger partial charge in [-0.2, -0.15) is 0 Å². The average Bonchev–Trinajstić information content (AvgIpc) is 2.41. The van der Waals surface area contributed by atoms with E-state index in [1.165, 1.54) is 6.42 Å². The zero-order chi connectivity index (χ0) is 15.1. The van der Waals surface area contributed by atoms with Crippen LogP contribution in [0.4, 0.5) is 5.82 Å². The highest BCUT2D eigenvalue weighted by atomic mass is 35.5. The Morgan fingerprint density at radius 1 is 1.20 bits per heavy atom. The summed E-state index contributed by atoms with van der Waals surface area (Å²) in [6.45, 7) is 14.6. The molecule has 20 heavy (non-hydrogen) atoms. The van der Waals surface area contributed by atoms with E-state index in [0.717, 1.165) is 43.4 Å². The molecule has 1 heterocycles. The molecule has 0 fully saturated rings. The fourth-order valence-corrected chi connectivity index (χ4v) is 2.19. The summed E-state index contributed by atoms with van der Waals surface area (Å²) in [4.78, 5) is 11.3. The molecule has 114 valence electrons. The molecule has 0 aliphatic carbocycles. The molecule has 0 spiro atoms. The zero-order valence-corrected chi connectivity index (χ0v) is 14.1. The van der Waals surface area contributed by atoms with Gasteiger partial charge in [-0.05, 0) is 26.4 Å². The fraction of sp³-hybridized carbons (Fsp3) is 0.733. The van der Waals surface area contributed by atoms with Crippen LogP contribution in [0.3, 0.4) is 0 Å². The van der Waals surface area contributed by atoms with Crippen LogP contribution < -0.4 is 5.32 Å². The second-order valence-corrected chi connectivity index (χ2v) is 5.72. The molecular weight excluding hydrogens is 272 g/mol. The first kappa shape index (κ1) is 17.2. The van der Waals surface area contributed by atoms with Gasteiger partial charge >= 0.3 is 0 Å². The molecule has 0 radical (unpaired) electrons. The molecule has 4 nitrogen and oxygen atoms in total. The molecule has 0 saturated carbocycles. The van der Waals surface area contributed by atoms with Crippen molar-refractivity contribution < 1.29 is 0 Å². The summed E-state index contributed by atoms with van der Waals surface area (Å²) >= 11 is 6.18. The van der Waals surface area contributed by atoms with Crippen LogP contribution in [-0.4, -0.2) is 41.0 Å². The van der Waals surface area contributed by atoms with Crippen molar-refractivity contribution in [3.63, 3.8) is 0 Å². The quantitative estimate of drug-likeness (QED) is 0.743. The van der Waals surface area contributed by atoms with E-state index in [-0.39, 0.29) is 5.92 Å². The van der Waals surface area contributed by atoms with E-state index >= 15 is 0 Å². The molecule has 0 aliphatic heterocycles. The zero-order valence-electron chi connectivity index (χ0n) is 13.3. The second kappa shape index (κ2) is 8.42. The second-order valence-electron chi connectivity index (χ2n) is 5.36. The van der Waals surface area contributed by atoms with E-state index in [9.17, 15) is 0 Å². The maximum absolute atomic E-state index is 6.18. The van der Waals surface area contributed by atoms with Crippen molar-refractivity contribution in [2.75, 3.05) is 31.5 Å². The predicted molar refractivity (Wildman–Crippen MR) is 86.8 cm³/mol. The van der Waals surface area contributed by atoms with Crippen molar-refractivity contribution >= 4 is 17.4 Å². The number of hydrogen-bond acceptors (Lipinski definition) is 4. The first-order valence-electron chi connectivity index (χ1n) is 7.49. The molecule has 0 aromatic carbocycles. The Kier molecular flexibility index (Phi) is 7.24. The van der Waals surface area contributed by atoms with Crippen molar-refractivity contribution in [3.8, 4) is 0 Å². The minimum absolute atomic E-state index is 0.279. The number of anilines is 1. The topological polar surface area (TPSA) is 41.0 Å². The molecule has 5 heteroatoms. The van der Waals surface area contributed by atoms with E-state index < -0.39 is 0 Å². The number of likely N-dealkylation sites (N-methyl/N-ethyl adjacent to an activating group) is 1. The van der Waals surface area contributed by atoms with Crippen LogP contribution in [0.5, 0.6) is 0 Å². The number of aromatic nitrogens is 2. The molecule has 1 N–H and O–H groups in total. The van der Waals surface area contributed by atoms with E-state index in [1.54, 1.807) is 0 Å². The smallest absolute Gasteiger partial charge is 0.137 e. The van der Waals surface area contributed by atoms with E-state index in [4.69, 9.17) is 11.6 Å². The van der Waals surface area contributed by atoms with Crippen LogP contribution in [-0.2, 0) is 0 Å². The summed E-state index contributed by atoms with van der Waals surface area (Å²) in [6, 6.07) is 0. The van der Waals surface area contributed by atoms with Gasteiger partial charge in [-0.15, -0.1) is 0 Å². The highest BCUT2D eigenvalue weighted by molar-refractivity contribution is 6.30. The Hall–Kier alpha value is -0.870. The summed E-state index contributed by atoms with van der Waals surface area (Å²) in [5.74, 6) is 1.94. The Bertz CT molecular complexity index is 421. The van der Waals surface area contributed by atoms with Crippen molar-refractivity contribution in [1.82, 2.24) is 14.9 Å². The van der Waals surface area contributed by atoms with Crippen LogP contribution in [0, 0.1) is 6.92 Å². The van der Waals surface area contributed by atoms with Gasteiger partial charge in [-0.1, -0.05) is 39.3 Å². The van der Waals surface area contributed by atoms with E-state index in [1.807, 2.05) is 6.92 Å². The lowest BCUT2D eigenvalue weighted by atomic mass is 10.2. The van der Waals surface area contributed by atoms with Gasteiger partial charge in [-0.3, -0.25) is 0 Å². The third-order valence-electron chi connectivity index (χ3n) is 3.33. The van der Waals surface area contributed by atoms with Crippen LogP contribution in [0.25, 0.3) is 0 Å². The predicted octanol–water partition coefficient (Wildman–Crippen LogP) is 3.71. The summed E-state index contributed by atoms with van der Waals surface area (Å²) in [7, 11) is 0. The fourth-order valence-electron chi connectivity index (χ4n) is 2.01. The first-order valence-corrected chi connectivity index (χ1v) is 7.87. The summed E-state index contributed by atoms with van der Waals surface area (Å²) < 4.78 is 0. The van der Waals surface area contributed by atoms with Gasteiger partial charge in [0.1, 0.15) is 16.8 Å². The van der Waals surface area contributed by atoms with Crippen LogP contribution in [0.1, 0.15) is 51.4 Å². The van der Waals surface area contributed by atoms with Crippen LogP contribution in [0.2, 0.25) is 5.15 Å². The van der Waals surface area contributed by atoms with Crippen molar-refractivity contribution in [2.24, 2.45) is 0 Å². The lowest BCUT2D eigenvalue weighted by Crippen LogP contribution is -2.30. The molecule has 0 bridgehead atoms. The number of rotatable bonds is 8. The summed E-state index contributed by atoms with van der Waals surface area (Å²) in [5, 5.41) is 3.94. The third kappa shape index (κ3) is 4.91. The lowest BCUT2D eigenvalue weighted by molar-refractivity contribution is 0.300. The summed E-state index contributed by atoms with van der Waals surface area (Å²) in [6.07, 6.45) is 1.18. The molecule has 0 aliphatic rings. The third-order valence-corrected chi connectivity index (χ3v) is 3.70. The Morgan fingerprint density at radius 2 is 1.90 bits per heavy atom. The van der Waals surface area contributed by atoms with Gasteiger partial charge in [0.2, 0.25) is 0 Å². The first-order chi connectivity index (χ1) is 9.49. The normalized spacial score (nSPS) is 11.4.